The number of hydrogen-bond donors (Lipinski definition) is 2. The summed E-state index contributed by atoms with van der Waals surface area (Å²) in [6, 6.07) is 7.30. The summed E-state index contributed by atoms with van der Waals surface area (Å²) in [5.41, 5.74) is 1.79. The summed E-state index contributed by atoms with van der Waals surface area (Å²) in [5, 5.41) is 15.2. The molecule has 0 bridgehead atoms. The third-order valence-electron chi connectivity index (χ3n) is 4.25. The van der Waals surface area contributed by atoms with Gasteiger partial charge in [0, 0.05) is 17.6 Å². The van der Waals surface area contributed by atoms with E-state index in [1.165, 1.54) is 16.9 Å². The second-order valence-corrected chi connectivity index (χ2v) is 8.78. The minimum atomic E-state index is -0.487. The molecule has 1 aromatic heterocycles. The second kappa shape index (κ2) is 7.64. The number of carbonyl (C=O) groups is 2. The number of hydrogen-bond acceptors (Lipinski definition) is 5. The van der Waals surface area contributed by atoms with Crippen LogP contribution in [-0.4, -0.2) is 45.2 Å². The van der Waals surface area contributed by atoms with Crippen molar-refractivity contribution in [3.05, 3.63) is 29.8 Å². The minimum absolute atomic E-state index is 0.210. The van der Waals surface area contributed by atoms with Gasteiger partial charge in [0.2, 0.25) is 11.0 Å². The molecule has 1 aromatic carbocycles. The van der Waals surface area contributed by atoms with E-state index in [2.05, 4.69) is 20.8 Å². The lowest BCUT2D eigenvalue weighted by Gasteiger charge is -2.28. The second-order valence-electron chi connectivity index (χ2n) is 7.80. The molecule has 8 heteroatoms. The van der Waals surface area contributed by atoms with E-state index in [1.54, 1.807) is 4.90 Å². The summed E-state index contributed by atoms with van der Waals surface area (Å²) in [6.45, 7) is 8.36. The Hall–Kier alpha value is -2.48. The van der Waals surface area contributed by atoms with Crippen molar-refractivity contribution in [2.45, 2.75) is 52.1 Å². The Bertz CT molecular complexity index is 825. The minimum Gasteiger partial charge on any atom is -0.333 e. The third-order valence-corrected chi connectivity index (χ3v) is 5.14. The molecule has 0 radical (unpaired) electrons. The van der Waals surface area contributed by atoms with E-state index in [1.807, 2.05) is 52.0 Å². The first kappa shape index (κ1) is 19.3. The molecule has 1 fully saturated rings. The highest BCUT2D eigenvalue weighted by Crippen LogP contribution is 2.27. The first-order valence-corrected chi connectivity index (χ1v) is 9.85. The summed E-state index contributed by atoms with van der Waals surface area (Å²) in [7, 11) is 0. The van der Waals surface area contributed by atoms with Gasteiger partial charge in [-0.25, -0.2) is 4.79 Å². The van der Waals surface area contributed by atoms with Crippen LogP contribution in [0.3, 0.4) is 0 Å². The molecular weight excluding hydrogens is 362 g/mol. The molecule has 2 heterocycles. The average molecular weight is 388 g/mol. The molecule has 1 aliphatic heterocycles. The molecule has 0 spiro atoms. The van der Waals surface area contributed by atoms with Crippen molar-refractivity contribution in [1.29, 1.82) is 0 Å². The van der Waals surface area contributed by atoms with Crippen LogP contribution in [0.5, 0.6) is 0 Å². The van der Waals surface area contributed by atoms with Crippen LogP contribution in [-0.2, 0) is 4.79 Å². The van der Waals surface area contributed by atoms with Gasteiger partial charge in [0.15, 0.2) is 0 Å². The van der Waals surface area contributed by atoms with E-state index in [0.29, 0.717) is 18.1 Å². The van der Waals surface area contributed by atoms with Crippen LogP contribution < -0.4 is 10.6 Å². The van der Waals surface area contributed by atoms with Gasteiger partial charge >= 0.3 is 6.03 Å². The lowest BCUT2D eigenvalue weighted by atomic mass is 10.1. The Kier molecular flexibility index (Phi) is 5.46. The lowest BCUT2D eigenvalue weighted by molar-refractivity contribution is -0.119. The molecule has 1 aliphatic rings. The van der Waals surface area contributed by atoms with Crippen LogP contribution in [0.4, 0.5) is 9.93 Å². The molecular formula is C19H25N5O2S. The first-order chi connectivity index (χ1) is 12.7. The predicted molar refractivity (Wildman–Crippen MR) is 107 cm³/mol. The highest BCUT2D eigenvalue weighted by molar-refractivity contribution is 7.18. The van der Waals surface area contributed by atoms with Crippen molar-refractivity contribution in [3.8, 4) is 10.6 Å². The summed E-state index contributed by atoms with van der Waals surface area (Å²) in [5.74, 6) is -0.219. The molecule has 0 saturated carbocycles. The molecule has 144 valence electrons. The van der Waals surface area contributed by atoms with E-state index in [-0.39, 0.29) is 17.5 Å². The first-order valence-electron chi connectivity index (χ1n) is 9.03. The quantitative estimate of drug-likeness (QED) is 0.845. The van der Waals surface area contributed by atoms with Crippen molar-refractivity contribution in [2.75, 3.05) is 11.9 Å². The average Bonchev–Trinajstić information content (AvgIpc) is 3.23. The molecule has 1 atom stereocenters. The van der Waals surface area contributed by atoms with E-state index >= 15 is 0 Å². The van der Waals surface area contributed by atoms with Crippen molar-refractivity contribution in [2.24, 2.45) is 0 Å². The van der Waals surface area contributed by atoms with Crippen molar-refractivity contribution in [1.82, 2.24) is 20.4 Å². The fourth-order valence-electron chi connectivity index (χ4n) is 2.95. The molecule has 2 aromatic rings. The van der Waals surface area contributed by atoms with Gasteiger partial charge in [-0.05, 0) is 40.5 Å². The number of nitrogens with one attached hydrogen (secondary N) is 2. The van der Waals surface area contributed by atoms with Gasteiger partial charge in [-0.1, -0.05) is 41.2 Å². The van der Waals surface area contributed by atoms with Gasteiger partial charge in [0.1, 0.15) is 11.0 Å². The monoisotopic (exact) mass is 387 g/mol. The number of amides is 3. The molecule has 1 saturated heterocycles. The largest absolute Gasteiger partial charge is 0.333 e. The van der Waals surface area contributed by atoms with Gasteiger partial charge in [-0.3, -0.25) is 10.1 Å². The molecule has 27 heavy (non-hydrogen) atoms. The Labute approximate surface area is 163 Å². The number of likely N-dealkylation sites (tertiary alicyclic amines) is 1. The number of carbonyl (C=O) groups excluding carboxylic acids is 2. The van der Waals surface area contributed by atoms with Crippen LogP contribution in [0.1, 0.15) is 39.2 Å². The van der Waals surface area contributed by atoms with Crippen LogP contribution in [0.15, 0.2) is 24.3 Å². The van der Waals surface area contributed by atoms with Gasteiger partial charge in [0.05, 0.1) is 0 Å². The normalized spacial score (nSPS) is 17.0. The number of nitrogens with zero attached hydrogens (tertiary/aromatic N) is 3. The number of anilines is 1. The number of aryl methyl sites for hydroxylation is 1. The SMILES string of the molecule is Cc1ccc(-c2nnc(NC(=O)C3CCCN3C(=O)NC(C)(C)C)s2)cc1. The number of aromatic nitrogens is 2. The zero-order chi connectivity index (χ0) is 19.6. The zero-order valence-corrected chi connectivity index (χ0v) is 16.9. The Morgan fingerprint density at radius 2 is 1.89 bits per heavy atom. The maximum atomic E-state index is 12.7. The topological polar surface area (TPSA) is 87.2 Å². The predicted octanol–water partition coefficient (Wildman–Crippen LogP) is 3.42. The van der Waals surface area contributed by atoms with E-state index in [9.17, 15) is 9.59 Å². The van der Waals surface area contributed by atoms with Gasteiger partial charge in [-0.15, -0.1) is 10.2 Å². The lowest BCUT2D eigenvalue weighted by Crippen LogP contribution is -2.52. The standard InChI is InChI=1S/C19H25N5O2S/c1-12-7-9-13(10-8-12)16-22-23-17(27-16)20-15(25)14-6-5-11-24(14)18(26)21-19(2,3)4/h7-10,14H,5-6,11H2,1-4H3,(H,21,26)(H,20,23,25). The smallest absolute Gasteiger partial charge is 0.318 e. The van der Waals surface area contributed by atoms with Crippen molar-refractivity contribution >= 4 is 28.4 Å². The van der Waals surface area contributed by atoms with Crippen LogP contribution in [0.25, 0.3) is 10.6 Å². The van der Waals surface area contributed by atoms with Crippen LogP contribution in [0.2, 0.25) is 0 Å². The van der Waals surface area contributed by atoms with Crippen molar-refractivity contribution in [3.63, 3.8) is 0 Å². The molecule has 7 nitrogen and oxygen atoms in total. The third kappa shape index (κ3) is 4.82. The maximum Gasteiger partial charge on any atom is 0.318 e. The van der Waals surface area contributed by atoms with E-state index in [0.717, 1.165) is 17.0 Å². The van der Waals surface area contributed by atoms with Crippen molar-refractivity contribution < 1.29 is 9.59 Å². The zero-order valence-electron chi connectivity index (χ0n) is 16.1. The highest BCUT2D eigenvalue weighted by Gasteiger charge is 2.35. The van der Waals surface area contributed by atoms with E-state index < -0.39 is 6.04 Å². The van der Waals surface area contributed by atoms with Gasteiger partial charge in [-0.2, -0.15) is 0 Å². The van der Waals surface area contributed by atoms with Crippen LogP contribution >= 0.6 is 11.3 Å². The Morgan fingerprint density at radius 3 is 2.56 bits per heavy atom. The fourth-order valence-corrected chi connectivity index (χ4v) is 3.70. The van der Waals surface area contributed by atoms with E-state index in [4.69, 9.17) is 0 Å². The highest BCUT2D eigenvalue weighted by atomic mass is 32.1. The molecule has 2 N–H and O–H groups in total. The summed E-state index contributed by atoms with van der Waals surface area (Å²) < 4.78 is 0. The number of benzene rings is 1. The Balaban J connectivity index is 1.66. The van der Waals surface area contributed by atoms with Gasteiger partial charge < -0.3 is 10.2 Å². The van der Waals surface area contributed by atoms with Gasteiger partial charge in [0.25, 0.3) is 0 Å². The molecule has 1 unspecified atom stereocenters. The summed E-state index contributed by atoms with van der Waals surface area (Å²) in [6.07, 6.45) is 1.45. The van der Waals surface area contributed by atoms with Crippen LogP contribution in [0, 0.1) is 6.92 Å². The molecule has 3 rings (SSSR count). The molecule has 3 amide bonds. The summed E-state index contributed by atoms with van der Waals surface area (Å²) in [4.78, 5) is 26.7. The number of urea groups is 1. The number of rotatable bonds is 3. The fraction of sp³-hybridized carbons (Fsp3) is 0.474. The molecule has 0 aliphatic carbocycles. The maximum absolute atomic E-state index is 12.7. The summed E-state index contributed by atoms with van der Waals surface area (Å²) >= 11 is 1.33. The Morgan fingerprint density at radius 1 is 1.19 bits per heavy atom.